The molecule has 0 bridgehead atoms. The lowest BCUT2D eigenvalue weighted by molar-refractivity contribution is 0.417. The minimum atomic E-state index is -1.92. The third-order valence-corrected chi connectivity index (χ3v) is 10.1. The topological polar surface area (TPSA) is 85.1 Å². The van der Waals surface area contributed by atoms with Gasteiger partial charge in [-0.1, -0.05) is 108 Å². The van der Waals surface area contributed by atoms with Crippen molar-refractivity contribution in [3.63, 3.8) is 0 Å². The molecule has 8 nitrogen and oxygen atoms in total. The van der Waals surface area contributed by atoms with Crippen LogP contribution in [0.1, 0.15) is 33.4 Å². The summed E-state index contributed by atoms with van der Waals surface area (Å²) in [4.78, 5) is 0. The van der Waals surface area contributed by atoms with Gasteiger partial charge in [-0.05, 0) is 88.1 Å². The Morgan fingerprint density at radius 3 is 0.924 bits per heavy atom. The van der Waals surface area contributed by atoms with Crippen LogP contribution >= 0.6 is 0 Å². The van der Waals surface area contributed by atoms with Crippen LogP contribution in [0.5, 0.6) is 0 Å². The molecule has 16 heteroatoms. The van der Waals surface area contributed by atoms with Gasteiger partial charge in [0, 0.05) is 0 Å². The molecule has 0 atom stereocenters. The third kappa shape index (κ3) is 9.20. The van der Waals surface area contributed by atoms with Crippen molar-refractivity contribution in [2.75, 3.05) is 0 Å². The van der Waals surface area contributed by atoms with Crippen LogP contribution in [0.2, 0.25) is 0 Å². The summed E-state index contributed by atoms with van der Waals surface area (Å²) in [7, 11) is 0. The predicted octanol–water partition coefficient (Wildman–Crippen LogP) is 15.5. The van der Waals surface area contributed by atoms with Gasteiger partial charge in [0.15, 0.2) is 46.5 Å². The van der Waals surface area contributed by atoms with Gasteiger partial charge in [-0.3, -0.25) is 0 Å². The van der Waals surface area contributed by atoms with Crippen LogP contribution < -0.4 is 0 Å². The monoisotopic (exact) mass is 902 g/mol. The molecule has 9 aromatic rings. The second-order valence-corrected chi connectivity index (χ2v) is 15.2. The highest BCUT2D eigenvalue weighted by Crippen LogP contribution is 2.39. The number of aromatic nitrogens is 4. The summed E-state index contributed by atoms with van der Waals surface area (Å²) in [5, 5.41) is 22.9. The summed E-state index contributed by atoms with van der Waals surface area (Å²) in [5.74, 6) is -14.6. The second kappa shape index (κ2) is 19.5. The Balaban J connectivity index is 0.000000174. The predicted molar refractivity (Wildman–Crippen MR) is 238 cm³/mol. The maximum atomic E-state index is 14.8. The molecule has 0 unspecified atom stereocenters. The zero-order valence-corrected chi connectivity index (χ0v) is 36.1. The summed E-state index contributed by atoms with van der Waals surface area (Å²) >= 11 is 0. The first-order chi connectivity index (χ1) is 31.6. The molecule has 334 valence electrons. The van der Waals surface area contributed by atoms with Gasteiger partial charge in [0.1, 0.15) is 11.0 Å². The molecule has 0 amide bonds. The largest absolute Gasteiger partial charge is 0.227 e. The molecule has 0 saturated heterocycles. The van der Waals surface area contributed by atoms with E-state index in [2.05, 4.69) is 30.7 Å². The second-order valence-electron chi connectivity index (χ2n) is 15.2. The molecule has 0 N–H and O–H groups in total. The number of nitrogens with zero attached hydrogens (tertiary/aromatic N) is 8. The summed E-state index contributed by atoms with van der Waals surface area (Å²) in [5.41, 5.74) is 5.37. The van der Waals surface area contributed by atoms with E-state index in [9.17, 15) is 35.1 Å². The van der Waals surface area contributed by atoms with Crippen molar-refractivity contribution >= 4 is 44.8 Å². The van der Waals surface area contributed by atoms with Crippen molar-refractivity contribution in [3.8, 4) is 11.4 Å². The Morgan fingerprint density at radius 2 is 0.621 bits per heavy atom. The van der Waals surface area contributed by atoms with Gasteiger partial charge in [-0.15, -0.1) is 30.7 Å². The molecular formula is C50H38F8N8. The average Bonchev–Trinajstić information content (AvgIpc) is 3.87. The van der Waals surface area contributed by atoms with E-state index in [1.165, 1.54) is 0 Å². The first kappa shape index (κ1) is 46.1. The normalized spacial score (nSPS) is 11.4. The molecule has 0 aliphatic heterocycles. The molecule has 2 heterocycles. The quantitative estimate of drug-likeness (QED) is 0.0720. The Hall–Kier alpha value is -7.88. The minimum absolute atomic E-state index is 0.358. The molecule has 0 spiro atoms. The van der Waals surface area contributed by atoms with E-state index in [0.29, 0.717) is 45.0 Å². The summed E-state index contributed by atoms with van der Waals surface area (Å²) in [6.07, 6.45) is 0. The zero-order chi connectivity index (χ0) is 47.4. The van der Waals surface area contributed by atoms with Crippen molar-refractivity contribution in [1.29, 1.82) is 0 Å². The van der Waals surface area contributed by atoms with Crippen molar-refractivity contribution in [3.05, 3.63) is 201 Å². The number of hydrogen-bond acceptors (Lipinski definition) is 6. The van der Waals surface area contributed by atoms with Crippen LogP contribution in [-0.2, 0) is 0 Å². The standard InChI is InChI=1S/2C22H16F4N4.C6H6/c2*1-11-9-12(2)20(13(3)10-11)30-21-15(16(23)17(24)18(25)19(21)26)22(29-30)28-27-14-7-5-4-6-8-14;1-2-4-6-5-3-1/h2*4-10H,1-3H3;1-6H. The summed E-state index contributed by atoms with van der Waals surface area (Å²) in [6.45, 7) is 10.8. The molecular weight excluding hydrogens is 865 g/mol. The van der Waals surface area contributed by atoms with Gasteiger partial charge < -0.3 is 0 Å². The minimum Gasteiger partial charge on any atom is -0.227 e. The number of benzene rings is 7. The molecule has 0 saturated carbocycles. The number of hydrogen-bond donors (Lipinski definition) is 0. The first-order valence-corrected chi connectivity index (χ1v) is 20.2. The van der Waals surface area contributed by atoms with Gasteiger partial charge in [0.05, 0.1) is 33.5 Å². The van der Waals surface area contributed by atoms with Gasteiger partial charge >= 0.3 is 0 Å². The number of aryl methyl sites for hydroxylation is 6. The van der Waals surface area contributed by atoms with E-state index in [-0.39, 0.29) is 11.6 Å². The molecule has 66 heavy (non-hydrogen) atoms. The van der Waals surface area contributed by atoms with Crippen LogP contribution in [0.25, 0.3) is 33.2 Å². The molecule has 0 fully saturated rings. The van der Waals surface area contributed by atoms with Crippen molar-refractivity contribution in [2.24, 2.45) is 20.5 Å². The molecule has 0 aliphatic rings. The highest BCUT2D eigenvalue weighted by atomic mass is 19.2. The highest BCUT2D eigenvalue weighted by molar-refractivity contribution is 5.92. The van der Waals surface area contributed by atoms with Crippen LogP contribution in [0.3, 0.4) is 0 Å². The SMILES string of the molecule is Cc1cc(C)c(-n2nc(N=Nc3ccccc3)c3c(F)c(F)c(F)c(F)c32)c(C)c1.Cc1cc(C)c(-n2nc(N=Nc3ccccc3)c3c(F)c(F)c(F)c(F)c32)c(C)c1.c1ccccc1. The maximum Gasteiger partial charge on any atom is 0.207 e. The average molecular weight is 903 g/mol. The smallest absolute Gasteiger partial charge is 0.207 e. The summed E-state index contributed by atoms with van der Waals surface area (Å²) < 4.78 is 117. The fourth-order valence-corrected chi connectivity index (χ4v) is 7.50. The van der Waals surface area contributed by atoms with Crippen LogP contribution in [-0.4, -0.2) is 19.6 Å². The van der Waals surface area contributed by atoms with Crippen molar-refractivity contribution < 1.29 is 35.1 Å². The lowest BCUT2D eigenvalue weighted by atomic mass is 10.0. The molecule has 0 aliphatic carbocycles. The van der Waals surface area contributed by atoms with Crippen molar-refractivity contribution in [2.45, 2.75) is 41.5 Å². The molecule has 2 aromatic heterocycles. The lowest BCUT2D eigenvalue weighted by Crippen LogP contribution is -2.06. The highest BCUT2D eigenvalue weighted by Gasteiger charge is 2.30. The number of azo groups is 2. The van der Waals surface area contributed by atoms with E-state index in [1.54, 1.807) is 88.4 Å². The molecule has 9 rings (SSSR count). The maximum absolute atomic E-state index is 14.8. The van der Waals surface area contributed by atoms with Crippen molar-refractivity contribution in [1.82, 2.24) is 19.6 Å². The van der Waals surface area contributed by atoms with E-state index < -0.39 is 68.3 Å². The van der Waals surface area contributed by atoms with E-state index in [0.717, 1.165) is 20.5 Å². The van der Waals surface area contributed by atoms with Gasteiger partial charge in [-0.2, -0.15) is 0 Å². The van der Waals surface area contributed by atoms with Gasteiger partial charge in [-0.25, -0.2) is 44.5 Å². The van der Waals surface area contributed by atoms with Crippen LogP contribution in [0, 0.1) is 88.1 Å². The number of halogens is 8. The van der Waals surface area contributed by atoms with Gasteiger partial charge in [0.25, 0.3) is 0 Å². The number of fused-ring (bicyclic) bond motifs is 2. The van der Waals surface area contributed by atoms with Crippen LogP contribution in [0.4, 0.5) is 58.1 Å². The Bertz CT molecular complexity index is 3020. The summed E-state index contributed by atoms with van der Waals surface area (Å²) in [6, 6.07) is 36.3. The lowest BCUT2D eigenvalue weighted by Gasteiger charge is -2.13. The Kier molecular flexibility index (Phi) is 13.6. The number of rotatable bonds is 6. The van der Waals surface area contributed by atoms with Crippen LogP contribution in [0.15, 0.2) is 142 Å². The first-order valence-electron chi connectivity index (χ1n) is 20.2. The van der Waals surface area contributed by atoms with Gasteiger partial charge in [0.2, 0.25) is 11.6 Å². The Labute approximate surface area is 373 Å². The Morgan fingerprint density at radius 1 is 0.348 bits per heavy atom. The third-order valence-electron chi connectivity index (χ3n) is 10.1. The zero-order valence-electron chi connectivity index (χ0n) is 36.1. The fraction of sp³-hybridized carbons (Fsp3) is 0.120. The van der Waals surface area contributed by atoms with E-state index >= 15 is 0 Å². The molecule has 0 radical (unpaired) electrons. The fourth-order valence-electron chi connectivity index (χ4n) is 7.50. The van der Waals surface area contributed by atoms with E-state index in [1.807, 2.05) is 74.5 Å². The molecule has 7 aromatic carbocycles. The van der Waals surface area contributed by atoms with E-state index in [4.69, 9.17) is 0 Å².